The lowest BCUT2D eigenvalue weighted by Gasteiger charge is -2.40. The average molecular weight is 476 g/mol. The van der Waals surface area contributed by atoms with Gasteiger partial charge >= 0.3 is 12.1 Å². The number of nitrogens with zero attached hydrogens (tertiary/aromatic N) is 2. The molecule has 0 aliphatic carbocycles. The van der Waals surface area contributed by atoms with Crippen molar-refractivity contribution in [2.75, 3.05) is 40.0 Å². The number of carbonyl (C=O) groups is 2. The zero-order chi connectivity index (χ0) is 24.1. The molecule has 11 heteroatoms. The number of likely N-dealkylation sites (N-methyl/N-ethyl adjacent to an activating group) is 1. The Morgan fingerprint density at radius 2 is 1.88 bits per heavy atom. The van der Waals surface area contributed by atoms with E-state index < -0.39 is 12.1 Å². The van der Waals surface area contributed by atoms with Crippen molar-refractivity contribution in [1.29, 1.82) is 0 Å². The summed E-state index contributed by atoms with van der Waals surface area (Å²) in [6.45, 7) is 4.67. The molecule has 0 bridgehead atoms. The topological polar surface area (TPSA) is 92.5 Å². The molecule has 3 aliphatic rings. The van der Waals surface area contributed by atoms with Crippen LogP contribution in [0.5, 0.6) is 0 Å². The first-order valence-electron chi connectivity index (χ1n) is 11.1. The van der Waals surface area contributed by atoms with Crippen molar-refractivity contribution < 1.29 is 41.8 Å². The summed E-state index contributed by atoms with van der Waals surface area (Å²) in [4.78, 5) is 26.0. The molecule has 1 N–H and O–H groups in total. The minimum Gasteiger partial charge on any atom is -0.475 e. The Morgan fingerprint density at radius 3 is 2.42 bits per heavy atom. The monoisotopic (exact) mass is 476 g/mol. The van der Waals surface area contributed by atoms with Crippen LogP contribution in [0, 0.1) is 5.92 Å². The maximum Gasteiger partial charge on any atom is 0.490 e. The van der Waals surface area contributed by atoms with E-state index in [1.54, 1.807) is 6.26 Å². The molecule has 3 fully saturated rings. The van der Waals surface area contributed by atoms with Gasteiger partial charge in [0.2, 0.25) is 5.91 Å². The molecule has 1 aromatic heterocycles. The number of hydrogen-bond acceptors (Lipinski definition) is 6. The first-order chi connectivity index (χ1) is 15.6. The summed E-state index contributed by atoms with van der Waals surface area (Å²) in [6, 6.07) is 4.36. The smallest absolute Gasteiger partial charge is 0.475 e. The van der Waals surface area contributed by atoms with Gasteiger partial charge in [0, 0.05) is 38.3 Å². The Kier molecular flexibility index (Phi) is 8.41. The normalized spacial score (nSPS) is 23.4. The number of carboxylic acids is 1. The van der Waals surface area contributed by atoms with Crippen LogP contribution in [0.3, 0.4) is 0 Å². The number of carboxylic acid groups (broad SMARTS) is 1. The lowest BCUT2D eigenvalue weighted by Crippen LogP contribution is -2.49. The second kappa shape index (κ2) is 10.9. The maximum atomic E-state index is 12.7. The van der Waals surface area contributed by atoms with Crippen molar-refractivity contribution >= 4 is 11.9 Å². The highest BCUT2D eigenvalue weighted by Gasteiger charge is 2.45. The lowest BCUT2D eigenvalue weighted by atomic mass is 9.86. The van der Waals surface area contributed by atoms with Crippen molar-refractivity contribution in [2.45, 2.75) is 56.5 Å². The van der Waals surface area contributed by atoms with Gasteiger partial charge in [0.25, 0.3) is 0 Å². The fourth-order valence-electron chi connectivity index (χ4n) is 4.57. The molecule has 3 aliphatic heterocycles. The molecule has 8 nitrogen and oxygen atoms in total. The van der Waals surface area contributed by atoms with Gasteiger partial charge in [-0.3, -0.25) is 9.69 Å². The molecule has 4 heterocycles. The van der Waals surface area contributed by atoms with Crippen LogP contribution < -0.4 is 0 Å². The molecule has 1 atom stereocenters. The summed E-state index contributed by atoms with van der Waals surface area (Å²) in [5.74, 6) is -1.28. The van der Waals surface area contributed by atoms with E-state index in [0.717, 1.165) is 77.3 Å². The molecule has 0 saturated carbocycles. The highest BCUT2D eigenvalue weighted by Crippen LogP contribution is 2.38. The molecule has 0 aromatic carbocycles. The number of halogens is 3. The standard InChI is InChI=1S/C20H30N2O4.C2HF3O2/c1-21(14-18-3-2-10-25-18)17-13-20(26-15-17)6-8-22(9-7-20)19(23)16-4-11-24-12-5-16;3-2(4,5)1(6)7/h2-3,10,16-17H,4-9,11-15H2,1H3;(H,6,7). The number of carbonyl (C=O) groups excluding carboxylic acids is 1. The van der Waals surface area contributed by atoms with E-state index in [9.17, 15) is 18.0 Å². The predicted molar refractivity (Wildman–Crippen MR) is 110 cm³/mol. The van der Waals surface area contributed by atoms with Gasteiger partial charge in [-0.15, -0.1) is 0 Å². The Bertz CT molecular complexity index is 772. The van der Waals surface area contributed by atoms with Crippen LogP contribution in [0.25, 0.3) is 0 Å². The first-order valence-corrected chi connectivity index (χ1v) is 11.1. The van der Waals surface area contributed by atoms with Gasteiger partial charge < -0.3 is 23.9 Å². The van der Waals surface area contributed by atoms with E-state index in [2.05, 4.69) is 16.8 Å². The van der Waals surface area contributed by atoms with Crippen LogP contribution in [0.2, 0.25) is 0 Å². The first kappa shape index (κ1) is 25.5. The highest BCUT2D eigenvalue weighted by molar-refractivity contribution is 5.79. The van der Waals surface area contributed by atoms with Gasteiger partial charge in [-0.1, -0.05) is 0 Å². The Balaban J connectivity index is 0.000000383. The minimum atomic E-state index is -5.08. The third-order valence-electron chi connectivity index (χ3n) is 6.60. The molecular formula is C22H31F3N2O6. The Labute approximate surface area is 190 Å². The Morgan fingerprint density at radius 1 is 1.24 bits per heavy atom. The number of piperidine rings is 1. The average Bonchev–Trinajstić information content (AvgIpc) is 3.45. The number of ether oxygens (including phenoxy) is 2. The molecule has 1 aromatic rings. The summed E-state index contributed by atoms with van der Waals surface area (Å²) in [5, 5.41) is 7.12. The molecule has 186 valence electrons. The van der Waals surface area contributed by atoms with Gasteiger partial charge in [0.15, 0.2) is 0 Å². The van der Waals surface area contributed by atoms with Crippen LogP contribution in [0.1, 0.15) is 37.9 Å². The van der Waals surface area contributed by atoms with Crippen molar-refractivity contribution in [3.05, 3.63) is 24.2 Å². The second-order valence-electron chi connectivity index (χ2n) is 8.86. The fourth-order valence-corrected chi connectivity index (χ4v) is 4.57. The van der Waals surface area contributed by atoms with Crippen LogP contribution >= 0.6 is 0 Å². The van der Waals surface area contributed by atoms with Gasteiger partial charge in [0.05, 0.1) is 25.0 Å². The van der Waals surface area contributed by atoms with E-state index in [-0.39, 0.29) is 11.5 Å². The van der Waals surface area contributed by atoms with E-state index >= 15 is 0 Å². The number of rotatable bonds is 4. The maximum absolute atomic E-state index is 12.7. The van der Waals surface area contributed by atoms with Crippen LogP contribution in [0.15, 0.2) is 22.8 Å². The zero-order valence-electron chi connectivity index (χ0n) is 18.7. The van der Waals surface area contributed by atoms with Gasteiger partial charge in [-0.05, 0) is 51.3 Å². The molecule has 4 rings (SSSR count). The van der Waals surface area contributed by atoms with Gasteiger partial charge in [0.1, 0.15) is 5.76 Å². The van der Waals surface area contributed by atoms with Crippen molar-refractivity contribution in [1.82, 2.24) is 9.80 Å². The third kappa shape index (κ3) is 6.94. The van der Waals surface area contributed by atoms with E-state index in [1.807, 2.05) is 12.1 Å². The summed E-state index contributed by atoms with van der Waals surface area (Å²) < 4.78 is 48.9. The Hall–Kier alpha value is -2.11. The molecule has 0 radical (unpaired) electrons. The lowest BCUT2D eigenvalue weighted by molar-refractivity contribution is -0.192. The largest absolute Gasteiger partial charge is 0.490 e. The molecule has 1 amide bonds. The molecule has 33 heavy (non-hydrogen) atoms. The zero-order valence-corrected chi connectivity index (χ0v) is 18.7. The fraction of sp³-hybridized carbons (Fsp3) is 0.727. The molecular weight excluding hydrogens is 445 g/mol. The van der Waals surface area contributed by atoms with E-state index in [0.29, 0.717) is 11.9 Å². The number of likely N-dealkylation sites (tertiary alicyclic amines) is 1. The summed E-state index contributed by atoms with van der Waals surface area (Å²) in [7, 11) is 2.14. The van der Waals surface area contributed by atoms with Gasteiger partial charge in [-0.25, -0.2) is 4.79 Å². The number of hydrogen-bond donors (Lipinski definition) is 1. The number of aliphatic carboxylic acids is 1. The number of furan rings is 1. The van der Waals surface area contributed by atoms with Crippen LogP contribution in [-0.4, -0.2) is 84.6 Å². The molecule has 1 unspecified atom stereocenters. The minimum absolute atomic E-state index is 0.0471. The van der Waals surface area contributed by atoms with Crippen molar-refractivity contribution in [3.8, 4) is 0 Å². The van der Waals surface area contributed by atoms with Gasteiger partial charge in [-0.2, -0.15) is 13.2 Å². The second-order valence-corrected chi connectivity index (χ2v) is 8.86. The molecule has 3 saturated heterocycles. The summed E-state index contributed by atoms with van der Waals surface area (Å²) >= 11 is 0. The van der Waals surface area contributed by atoms with Crippen molar-refractivity contribution in [3.63, 3.8) is 0 Å². The quantitative estimate of drug-likeness (QED) is 0.714. The number of amides is 1. The van der Waals surface area contributed by atoms with E-state index in [1.165, 1.54) is 0 Å². The number of alkyl halides is 3. The van der Waals surface area contributed by atoms with Crippen molar-refractivity contribution in [2.24, 2.45) is 5.92 Å². The predicted octanol–water partition coefficient (Wildman–Crippen LogP) is 2.92. The molecule has 1 spiro atoms. The van der Waals surface area contributed by atoms with Crippen LogP contribution in [0.4, 0.5) is 13.2 Å². The summed E-state index contributed by atoms with van der Waals surface area (Å²) in [5.41, 5.74) is -0.0471. The van der Waals surface area contributed by atoms with E-state index in [4.69, 9.17) is 23.8 Å². The van der Waals surface area contributed by atoms with Crippen LogP contribution in [-0.2, 0) is 25.6 Å². The highest BCUT2D eigenvalue weighted by atomic mass is 19.4. The SMILES string of the molecule is CN(Cc1ccco1)C1COC2(CCN(C(=O)C3CCOCC3)CC2)C1.O=C(O)C(F)(F)F. The summed E-state index contributed by atoms with van der Waals surface area (Å²) in [6.07, 6.45) is 1.33. The third-order valence-corrected chi connectivity index (χ3v) is 6.60.